The molecule has 0 bridgehead atoms. The smallest absolute Gasteiger partial charge is 0.0127 e. The summed E-state index contributed by atoms with van der Waals surface area (Å²) in [7, 11) is 0. The second-order valence-corrected chi connectivity index (χ2v) is 4.98. The molecule has 0 heterocycles. The maximum absolute atomic E-state index is 5.85. The lowest BCUT2D eigenvalue weighted by Gasteiger charge is -2.07. The molecule has 0 amide bonds. The lowest BCUT2D eigenvalue weighted by molar-refractivity contribution is 0.724. The molecule has 0 aliphatic carbocycles. The van der Waals surface area contributed by atoms with E-state index in [1.165, 1.54) is 24.2 Å². The van der Waals surface area contributed by atoms with E-state index >= 15 is 0 Å². The van der Waals surface area contributed by atoms with Crippen molar-refractivity contribution in [2.75, 3.05) is 11.5 Å². The molecule has 0 aromatic heterocycles. The summed E-state index contributed by atoms with van der Waals surface area (Å²) in [4.78, 5) is 0. The Bertz CT molecular complexity index is 248. The van der Waals surface area contributed by atoms with Crippen LogP contribution in [0.1, 0.15) is 25.3 Å². The van der Waals surface area contributed by atoms with Crippen molar-refractivity contribution in [2.45, 2.75) is 32.2 Å². The van der Waals surface area contributed by atoms with E-state index in [0.717, 1.165) is 12.2 Å². The fraction of sp³-hybridized carbons (Fsp3) is 0.538. The van der Waals surface area contributed by atoms with Gasteiger partial charge in [-0.15, -0.1) is 0 Å². The van der Waals surface area contributed by atoms with Gasteiger partial charge >= 0.3 is 0 Å². The first-order valence-corrected chi connectivity index (χ1v) is 6.85. The van der Waals surface area contributed by atoms with Gasteiger partial charge in [0.15, 0.2) is 0 Å². The fourth-order valence-electron chi connectivity index (χ4n) is 1.38. The Labute approximate surface area is 97.4 Å². The van der Waals surface area contributed by atoms with Crippen molar-refractivity contribution >= 4 is 11.8 Å². The Morgan fingerprint density at radius 3 is 2.67 bits per heavy atom. The highest BCUT2D eigenvalue weighted by Gasteiger charge is 1.98. The predicted molar refractivity (Wildman–Crippen MR) is 70.4 cm³/mol. The first-order valence-electron chi connectivity index (χ1n) is 5.70. The molecule has 1 atom stereocenters. The Morgan fingerprint density at radius 2 is 2.00 bits per heavy atom. The summed E-state index contributed by atoms with van der Waals surface area (Å²) in [5.41, 5.74) is 7.29. The summed E-state index contributed by atoms with van der Waals surface area (Å²) in [6.07, 6.45) is 3.53. The van der Waals surface area contributed by atoms with Crippen LogP contribution in [0.25, 0.3) is 0 Å². The van der Waals surface area contributed by atoms with Gasteiger partial charge in [-0.2, -0.15) is 11.8 Å². The van der Waals surface area contributed by atoms with Gasteiger partial charge in [0.05, 0.1) is 0 Å². The number of aryl methyl sites for hydroxylation is 1. The fourth-order valence-corrected chi connectivity index (χ4v) is 2.43. The number of benzene rings is 1. The Kier molecular flexibility index (Phi) is 6.53. The van der Waals surface area contributed by atoms with Gasteiger partial charge in [0.2, 0.25) is 0 Å². The summed E-state index contributed by atoms with van der Waals surface area (Å²) in [6.45, 7) is 2.15. The van der Waals surface area contributed by atoms with E-state index in [1.807, 2.05) is 11.8 Å². The maximum Gasteiger partial charge on any atom is 0.0127 e. The molecule has 2 N–H and O–H groups in total. The van der Waals surface area contributed by atoms with E-state index in [-0.39, 0.29) is 0 Å². The van der Waals surface area contributed by atoms with Crippen molar-refractivity contribution in [1.82, 2.24) is 0 Å². The largest absolute Gasteiger partial charge is 0.327 e. The zero-order valence-corrected chi connectivity index (χ0v) is 10.3. The van der Waals surface area contributed by atoms with Crippen molar-refractivity contribution in [3.8, 4) is 0 Å². The molecular weight excluding hydrogens is 202 g/mol. The lowest BCUT2D eigenvalue weighted by Crippen LogP contribution is -2.21. The van der Waals surface area contributed by atoms with Crippen LogP contribution in [0.4, 0.5) is 0 Å². The molecule has 15 heavy (non-hydrogen) atoms. The van der Waals surface area contributed by atoms with Crippen LogP contribution in [0.5, 0.6) is 0 Å². The van der Waals surface area contributed by atoms with E-state index in [9.17, 15) is 0 Å². The minimum absolute atomic E-state index is 0.381. The Morgan fingerprint density at radius 1 is 1.27 bits per heavy atom. The first kappa shape index (κ1) is 12.6. The maximum atomic E-state index is 5.85. The monoisotopic (exact) mass is 223 g/mol. The van der Waals surface area contributed by atoms with Crippen molar-refractivity contribution in [3.05, 3.63) is 35.9 Å². The number of hydrogen-bond donors (Lipinski definition) is 1. The van der Waals surface area contributed by atoms with Gasteiger partial charge in [-0.1, -0.05) is 37.3 Å². The molecule has 0 aliphatic heterocycles. The van der Waals surface area contributed by atoms with Gasteiger partial charge in [-0.3, -0.25) is 0 Å². The van der Waals surface area contributed by atoms with Crippen LogP contribution in [-0.4, -0.2) is 17.5 Å². The average molecular weight is 223 g/mol. The highest BCUT2D eigenvalue weighted by Crippen LogP contribution is 2.09. The lowest BCUT2D eigenvalue weighted by atomic mass is 10.1. The minimum atomic E-state index is 0.381. The Balaban J connectivity index is 2.03. The molecule has 1 aromatic carbocycles. The molecule has 0 saturated heterocycles. The molecule has 0 fully saturated rings. The first-order chi connectivity index (χ1) is 7.33. The van der Waals surface area contributed by atoms with Crippen LogP contribution in [0, 0.1) is 0 Å². The molecule has 1 aromatic rings. The van der Waals surface area contributed by atoms with Gasteiger partial charge in [0, 0.05) is 11.8 Å². The van der Waals surface area contributed by atoms with Gasteiger partial charge in [0.1, 0.15) is 0 Å². The van der Waals surface area contributed by atoms with Gasteiger partial charge in [0.25, 0.3) is 0 Å². The van der Waals surface area contributed by atoms with Gasteiger partial charge in [-0.05, 0) is 30.6 Å². The zero-order valence-electron chi connectivity index (χ0n) is 9.49. The van der Waals surface area contributed by atoms with E-state index < -0.39 is 0 Å². The summed E-state index contributed by atoms with van der Waals surface area (Å²) >= 11 is 1.98. The van der Waals surface area contributed by atoms with Crippen molar-refractivity contribution < 1.29 is 0 Å². The average Bonchev–Trinajstić information content (AvgIpc) is 2.29. The second kappa shape index (κ2) is 7.77. The third-order valence-electron chi connectivity index (χ3n) is 2.45. The number of nitrogens with two attached hydrogens (primary N) is 1. The van der Waals surface area contributed by atoms with Gasteiger partial charge in [-0.25, -0.2) is 0 Å². The number of hydrogen-bond acceptors (Lipinski definition) is 2. The quantitative estimate of drug-likeness (QED) is 0.719. The Hall–Kier alpha value is -0.470. The van der Waals surface area contributed by atoms with Crippen LogP contribution in [0.2, 0.25) is 0 Å². The molecule has 0 saturated carbocycles. The van der Waals surface area contributed by atoms with Crippen LogP contribution in [0.3, 0.4) is 0 Å². The summed E-state index contributed by atoms with van der Waals surface area (Å²) in [5, 5.41) is 0. The predicted octanol–water partition coefficient (Wildman–Crippen LogP) is 3.09. The summed E-state index contributed by atoms with van der Waals surface area (Å²) in [6, 6.07) is 11.1. The van der Waals surface area contributed by atoms with E-state index in [4.69, 9.17) is 5.73 Å². The molecule has 1 nitrogen and oxygen atoms in total. The van der Waals surface area contributed by atoms with Crippen molar-refractivity contribution in [3.63, 3.8) is 0 Å². The number of thioether (sulfide) groups is 1. The topological polar surface area (TPSA) is 26.0 Å². The van der Waals surface area contributed by atoms with E-state index in [2.05, 4.69) is 37.3 Å². The molecule has 84 valence electrons. The van der Waals surface area contributed by atoms with Crippen LogP contribution in [-0.2, 0) is 6.42 Å². The van der Waals surface area contributed by atoms with E-state index in [1.54, 1.807) is 0 Å². The summed E-state index contributed by atoms with van der Waals surface area (Å²) < 4.78 is 0. The normalized spacial score (nSPS) is 12.7. The van der Waals surface area contributed by atoms with Crippen molar-refractivity contribution in [2.24, 2.45) is 5.73 Å². The summed E-state index contributed by atoms with van der Waals surface area (Å²) in [5.74, 6) is 2.33. The minimum Gasteiger partial charge on any atom is -0.327 e. The van der Waals surface area contributed by atoms with Crippen LogP contribution in [0.15, 0.2) is 30.3 Å². The number of rotatable bonds is 7. The van der Waals surface area contributed by atoms with Crippen LogP contribution < -0.4 is 5.73 Å². The third kappa shape index (κ3) is 5.85. The third-order valence-corrected chi connectivity index (χ3v) is 3.69. The molecule has 0 spiro atoms. The van der Waals surface area contributed by atoms with E-state index in [0.29, 0.717) is 6.04 Å². The standard InChI is InChI=1S/C13H21NS/c1-2-13(14)11-15-10-6-9-12-7-4-3-5-8-12/h3-5,7-8,13H,2,6,9-11,14H2,1H3. The zero-order chi connectivity index (χ0) is 10.9. The molecule has 2 heteroatoms. The van der Waals surface area contributed by atoms with Crippen LogP contribution >= 0.6 is 11.8 Å². The highest BCUT2D eigenvalue weighted by atomic mass is 32.2. The molecular formula is C13H21NS. The van der Waals surface area contributed by atoms with Crippen molar-refractivity contribution in [1.29, 1.82) is 0 Å². The SMILES string of the molecule is CCC(N)CSCCCc1ccccc1. The molecule has 0 radical (unpaired) electrons. The highest BCUT2D eigenvalue weighted by molar-refractivity contribution is 7.99. The molecule has 1 unspecified atom stereocenters. The molecule has 0 aliphatic rings. The van der Waals surface area contributed by atoms with Gasteiger partial charge < -0.3 is 5.73 Å². The molecule has 1 rings (SSSR count). The second-order valence-electron chi connectivity index (χ2n) is 3.83.